The molecule has 1 aliphatic heterocycles. The second-order valence-electron chi connectivity index (χ2n) is 5.54. The zero-order valence-electron chi connectivity index (χ0n) is 12.0. The van der Waals surface area contributed by atoms with Crippen molar-refractivity contribution in [2.24, 2.45) is 0 Å². The molecule has 6 heteroatoms. The number of fused-ring (bicyclic) bond motifs is 1. The highest BCUT2D eigenvalue weighted by Crippen LogP contribution is 2.24. The molecular formula is C14H21N3O2S. The fourth-order valence-corrected chi connectivity index (χ4v) is 3.64. The first-order valence-corrected chi connectivity index (χ1v) is 7.83. The summed E-state index contributed by atoms with van der Waals surface area (Å²) in [6.07, 6.45) is 3.84. The van der Waals surface area contributed by atoms with E-state index in [0.29, 0.717) is 13.2 Å². The van der Waals surface area contributed by atoms with Crippen LogP contribution in [0, 0.1) is 13.8 Å². The maximum absolute atomic E-state index is 9.72. The van der Waals surface area contributed by atoms with Gasteiger partial charge in [0.2, 0.25) is 0 Å². The van der Waals surface area contributed by atoms with Crippen LogP contribution in [0.4, 0.5) is 0 Å². The fourth-order valence-electron chi connectivity index (χ4n) is 2.75. The molecule has 0 saturated carbocycles. The van der Waals surface area contributed by atoms with Crippen molar-refractivity contribution in [1.82, 2.24) is 14.7 Å². The number of aliphatic hydroxyl groups excluding tert-OH is 1. The van der Waals surface area contributed by atoms with Gasteiger partial charge in [0, 0.05) is 36.4 Å². The van der Waals surface area contributed by atoms with Crippen LogP contribution in [0.3, 0.4) is 0 Å². The summed E-state index contributed by atoms with van der Waals surface area (Å²) < 4.78 is 7.55. The van der Waals surface area contributed by atoms with Crippen molar-refractivity contribution in [3.63, 3.8) is 0 Å². The molecule has 3 rings (SSSR count). The first kappa shape index (κ1) is 14.0. The average molecular weight is 295 g/mol. The molecule has 0 unspecified atom stereocenters. The Hall–Kier alpha value is -0.950. The maximum Gasteiger partial charge on any atom is 0.194 e. The zero-order valence-corrected chi connectivity index (χ0v) is 12.8. The molecule has 0 radical (unpaired) electrons. The number of aryl methyl sites for hydroxylation is 2. The molecule has 20 heavy (non-hydrogen) atoms. The van der Waals surface area contributed by atoms with Crippen LogP contribution in [0.1, 0.15) is 29.1 Å². The van der Waals surface area contributed by atoms with Gasteiger partial charge < -0.3 is 15.2 Å². The van der Waals surface area contributed by atoms with Crippen molar-refractivity contribution >= 4 is 16.3 Å². The highest BCUT2D eigenvalue weighted by molar-refractivity contribution is 7.17. The topological polar surface area (TPSA) is 58.8 Å². The van der Waals surface area contributed by atoms with Crippen molar-refractivity contribution in [1.29, 1.82) is 0 Å². The summed E-state index contributed by atoms with van der Waals surface area (Å²) in [6.45, 7) is 6.45. The van der Waals surface area contributed by atoms with Crippen molar-refractivity contribution in [3.05, 3.63) is 22.5 Å². The van der Waals surface area contributed by atoms with Gasteiger partial charge in [-0.25, -0.2) is 4.98 Å². The normalized spacial score (nSPS) is 18.8. The predicted molar refractivity (Wildman–Crippen MR) is 79.3 cm³/mol. The van der Waals surface area contributed by atoms with Gasteiger partial charge in [-0.15, -0.1) is 11.3 Å². The second kappa shape index (κ2) is 5.44. The Morgan fingerprint density at radius 1 is 1.45 bits per heavy atom. The minimum atomic E-state index is -0.208. The van der Waals surface area contributed by atoms with Crippen LogP contribution in [0.25, 0.3) is 4.96 Å². The van der Waals surface area contributed by atoms with Crippen LogP contribution in [-0.4, -0.2) is 39.9 Å². The molecule has 3 heterocycles. The van der Waals surface area contributed by atoms with E-state index in [0.717, 1.165) is 30.0 Å². The largest absolute Gasteiger partial charge is 0.394 e. The van der Waals surface area contributed by atoms with Crippen molar-refractivity contribution in [2.75, 3.05) is 19.8 Å². The van der Waals surface area contributed by atoms with Crippen LogP contribution >= 0.6 is 11.3 Å². The van der Waals surface area contributed by atoms with Gasteiger partial charge >= 0.3 is 0 Å². The zero-order chi connectivity index (χ0) is 14.2. The van der Waals surface area contributed by atoms with Crippen LogP contribution < -0.4 is 5.32 Å². The van der Waals surface area contributed by atoms with Crippen LogP contribution in [-0.2, 0) is 11.3 Å². The number of aliphatic hydroxyl groups is 1. The van der Waals surface area contributed by atoms with E-state index in [1.165, 1.54) is 10.6 Å². The second-order valence-corrected chi connectivity index (χ2v) is 6.76. The third-order valence-electron chi connectivity index (χ3n) is 4.12. The number of nitrogens with one attached hydrogen (secondary N) is 1. The number of aromatic nitrogens is 2. The molecule has 2 aromatic heterocycles. The van der Waals surface area contributed by atoms with Gasteiger partial charge in [0.15, 0.2) is 4.96 Å². The Balaban J connectivity index is 1.80. The van der Waals surface area contributed by atoms with Crippen molar-refractivity contribution in [3.8, 4) is 0 Å². The molecule has 2 N–H and O–H groups in total. The number of hydrogen-bond acceptors (Lipinski definition) is 5. The molecule has 5 nitrogen and oxygen atoms in total. The molecule has 0 bridgehead atoms. The first-order valence-electron chi connectivity index (χ1n) is 7.01. The molecule has 1 saturated heterocycles. The van der Waals surface area contributed by atoms with E-state index in [1.807, 2.05) is 6.92 Å². The Bertz CT molecular complexity index is 599. The van der Waals surface area contributed by atoms with Gasteiger partial charge in [0.1, 0.15) is 0 Å². The summed E-state index contributed by atoms with van der Waals surface area (Å²) in [5.74, 6) is 0. The van der Waals surface area contributed by atoms with E-state index in [-0.39, 0.29) is 12.1 Å². The molecule has 1 fully saturated rings. The van der Waals surface area contributed by atoms with E-state index in [9.17, 15) is 5.11 Å². The lowest BCUT2D eigenvalue weighted by Crippen LogP contribution is -2.52. The Morgan fingerprint density at radius 3 is 2.90 bits per heavy atom. The summed E-state index contributed by atoms with van der Waals surface area (Å²) >= 11 is 1.71. The van der Waals surface area contributed by atoms with E-state index in [1.54, 1.807) is 11.3 Å². The van der Waals surface area contributed by atoms with Crippen LogP contribution in [0.15, 0.2) is 6.20 Å². The molecule has 0 aliphatic carbocycles. The van der Waals surface area contributed by atoms with Gasteiger partial charge in [-0.1, -0.05) is 0 Å². The van der Waals surface area contributed by atoms with E-state index in [4.69, 9.17) is 4.74 Å². The highest BCUT2D eigenvalue weighted by Gasteiger charge is 2.31. The summed E-state index contributed by atoms with van der Waals surface area (Å²) in [4.78, 5) is 6.90. The van der Waals surface area contributed by atoms with Gasteiger partial charge in [-0.2, -0.15) is 0 Å². The summed E-state index contributed by atoms with van der Waals surface area (Å²) in [7, 11) is 0. The first-order chi connectivity index (χ1) is 9.63. The lowest BCUT2D eigenvalue weighted by Gasteiger charge is -2.36. The minimum Gasteiger partial charge on any atom is -0.394 e. The molecular weight excluding hydrogens is 274 g/mol. The smallest absolute Gasteiger partial charge is 0.194 e. The number of imidazole rings is 1. The van der Waals surface area contributed by atoms with Crippen molar-refractivity contribution < 1.29 is 9.84 Å². The predicted octanol–water partition coefficient (Wildman–Crippen LogP) is 1.64. The van der Waals surface area contributed by atoms with E-state index < -0.39 is 0 Å². The fraction of sp³-hybridized carbons (Fsp3) is 0.643. The summed E-state index contributed by atoms with van der Waals surface area (Å²) in [5, 5.41) is 13.3. The number of rotatable bonds is 4. The van der Waals surface area contributed by atoms with Crippen molar-refractivity contribution in [2.45, 2.75) is 38.8 Å². The van der Waals surface area contributed by atoms with E-state index in [2.05, 4.69) is 27.8 Å². The van der Waals surface area contributed by atoms with Crippen LogP contribution in [0.5, 0.6) is 0 Å². The third-order valence-corrected chi connectivity index (χ3v) is 5.02. The third kappa shape index (κ3) is 2.48. The number of nitrogens with zero attached hydrogens (tertiary/aromatic N) is 2. The van der Waals surface area contributed by atoms with E-state index >= 15 is 0 Å². The summed E-state index contributed by atoms with van der Waals surface area (Å²) in [6, 6.07) is 0. The maximum atomic E-state index is 9.72. The minimum absolute atomic E-state index is 0.153. The van der Waals surface area contributed by atoms with Gasteiger partial charge in [0.05, 0.1) is 18.0 Å². The monoisotopic (exact) mass is 295 g/mol. The lowest BCUT2D eigenvalue weighted by molar-refractivity contribution is 0.0110. The van der Waals surface area contributed by atoms with Gasteiger partial charge in [-0.05, 0) is 26.7 Å². The molecule has 110 valence electrons. The average Bonchev–Trinajstić information content (AvgIpc) is 2.93. The number of thiazole rings is 1. The Labute approximate surface area is 122 Å². The molecule has 0 spiro atoms. The number of hydrogen-bond donors (Lipinski definition) is 2. The lowest BCUT2D eigenvalue weighted by atomic mass is 9.91. The van der Waals surface area contributed by atoms with Crippen LogP contribution in [0.2, 0.25) is 0 Å². The molecule has 0 atom stereocenters. The quantitative estimate of drug-likeness (QED) is 0.900. The molecule has 0 aromatic carbocycles. The number of ether oxygens (including phenoxy) is 1. The molecule has 2 aromatic rings. The van der Waals surface area contributed by atoms with Gasteiger partial charge in [-0.3, -0.25) is 4.40 Å². The SMILES string of the molecule is Cc1cn2c(CNC3(CO)CCOCC3)c(C)nc2s1. The highest BCUT2D eigenvalue weighted by atomic mass is 32.1. The molecule has 1 aliphatic rings. The van der Waals surface area contributed by atoms with Gasteiger partial charge in [0.25, 0.3) is 0 Å². The summed E-state index contributed by atoms with van der Waals surface area (Å²) in [5.41, 5.74) is 2.03. The Morgan fingerprint density at radius 2 is 2.20 bits per heavy atom. The standard InChI is InChI=1S/C14H21N3O2S/c1-10-8-17-12(11(2)16-13(17)20-10)7-15-14(9-18)3-5-19-6-4-14/h8,15,18H,3-7,9H2,1-2H3. The molecule has 0 amide bonds. The Kier molecular flexibility index (Phi) is 3.81.